The summed E-state index contributed by atoms with van der Waals surface area (Å²) in [5, 5.41) is 6.57. The molecular weight excluding hydrogens is 224 g/mol. The van der Waals surface area contributed by atoms with Crippen LogP contribution in [0.5, 0.6) is 0 Å². The van der Waals surface area contributed by atoms with Gasteiger partial charge in [0, 0.05) is 23.8 Å². The average molecular weight is 239 g/mol. The lowest BCUT2D eigenvalue weighted by Crippen LogP contribution is -2.39. The number of benzene rings is 1. The lowest BCUT2D eigenvalue weighted by atomic mass is 9.93. The Hall–Kier alpha value is -1.22. The summed E-state index contributed by atoms with van der Waals surface area (Å²) < 4.78 is 0. The number of hydrogen-bond donors (Lipinski definition) is 2. The van der Waals surface area contributed by atoms with Gasteiger partial charge in [-0.15, -0.1) is 0 Å². The number of carbonyl (C=O) groups is 1. The summed E-state index contributed by atoms with van der Waals surface area (Å²) in [7, 11) is 1.80. The van der Waals surface area contributed by atoms with Crippen LogP contribution in [0.3, 0.4) is 0 Å². The highest BCUT2D eigenvalue weighted by Gasteiger charge is 2.21. The molecule has 1 amide bonds. The van der Waals surface area contributed by atoms with Crippen LogP contribution < -0.4 is 10.6 Å². The van der Waals surface area contributed by atoms with E-state index in [1.54, 1.807) is 19.2 Å². The SMILES string of the molecule is CNc1ccc(Cl)cc1C(=O)NC1CCC1. The molecule has 3 nitrogen and oxygen atoms in total. The third kappa shape index (κ3) is 2.30. The van der Waals surface area contributed by atoms with Crippen LogP contribution in [0.2, 0.25) is 5.02 Å². The maximum atomic E-state index is 12.0. The normalized spacial score (nSPS) is 15.4. The van der Waals surface area contributed by atoms with Crippen molar-refractivity contribution in [1.82, 2.24) is 5.32 Å². The molecule has 1 saturated carbocycles. The van der Waals surface area contributed by atoms with Crippen molar-refractivity contribution >= 4 is 23.2 Å². The summed E-state index contributed by atoms with van der Waals surface area (Å²) in [5.74, 6) is -0.0449. The second-order valence-corrected chi connectivity index (χ2v) is 4.48. The second kappa shape index (κ2) is 4.74. The minimum atomic E-state index is -0.0449. The molecule has 4 heteroatoms. The minimum Gasteiger partial charge on any atom is -0.387 e. The highest BCUT2D eigenvalue weighted by Crippen LogP contribution is 2.22. The fraction of sp³-hybridized carbons (Fsp3) is 0.417. The third-order valence-electron chi connectivity index (χ3n) is 2.94. The van der Waals surface area contributed by atoms with E-state index in [4.69, 9.17) is 11.6 Å². The fourth-order valence-electron chi connectivity index (χ4n) is 1.74. The molecule has 0 atom stereocenters. The van der Waals surface area contributed by atoms with E-state index >= 15 is 0 Å². The van der Waals surface area contributed by atoms with Gasteiger partial charge in [0.1, 0.15) is 0 Å². The molecule has 0 heterocycles. The van der Waals surface area contributed by atoms with Crippen LogP contribution in [0, 0.1) is 0 Å². The summed E-state index contributed by atoms with van der Waals surface area (Å²) in [4.78, 5) is 12.0. The lowest BCUT2D eigenvalue weighted by Gasteiger charge is -2.26. The molecule has 0 saturated heterocycles. The Labute approximate surface area is 100 Å². The van der Waals surface area contributed by atoms with Crippen molar-refractivity contribution in [3.8, 4) is 0 Å². The topological polar surface area (TPSA) is 41.1 Å². The van der Waals surface area contributed by atoms with Crippen LogP contribution in [0.25, 0.3) is 0 Å². The van der Waals surface area contributed by atoms with Gasteiger partial charge < -0.3 is 10.6 Å². The summed E-state index contributed by atoms with van der Waals surface area (Å²) in [6, 6.07) is 5.63. The van der Waals surface area contributed by atoms with Crippen LogP contribution in [-0.2, 0) is 0 Å². The Morgan fingerprint density at radius 1 is 1.44 bits per heavy atom. The first-order valence-corrected chi connectivity index (χ1v) is 5.86. The Morgan fingerprint density at radius 2 is 2.19 bits per heavy atom. The number of rotatable bonds is 3. The largest absolute Gasteiger partial charge is 0.387 e. The Bertz CT molecular complexity index is 402. The van der Waals surface area contributed by atoms with E-state index in [0.29, 0.717) is 16.6 Å². The van der Waals surface area contributed by atoms with Gasteiger partial charge in [-0.05, 0) is 37.5 Å². The van der Waals surface area contributed by atoms with E-state index in [1.807, 2.05) is 6.07 Å². The van der Waals surface area contributed by atoms with Gasteiger partial charge in [0.15, 0.2) is 0 Å². The van der Waals surface area contributed by atoms with Gasteiger partial charge in [-0.2, -0.15) is 0 Å². The molecule has 0 aliphatic heterocycles. The number of hydrogen-bond acceptors (Lipinski definition) is 2. The number of carbonyl (C=O) groups excluding carboxylic acids is 1. The predicted molar refractivity (Wildman–Crippen MR) is 66.1 cm³/mol. The van der Waals surface area contributed by atoms with Crippen LogP contribution >= 0.6 is 11.6 Å². The molecule has 0 bridgehead atoms. The molecule has 0 unspecified atom stereocenters. The zero-order valence-electron chi connectivity index (χ0n) is 9.22. The van der Waals surface area contributed by atoms with Crippen molar-refractivity contribution in [1.29, 1.82) is 0 Å². The van der Waals surface area contributed by atoms with Crippen molar-refractivity contribution < 1.29 is 4.79 Å². The van der Waals surface area contributed by atoms with E-state index in [0.717, 1.165) is 18.5 Å². The first-order valence-electron chi connectivity index (χ1n) is 5.49. The smallest absolute Gasteiger partial charge is 0.253 e. The number of halogens is 1. The minimum absolute atomic E-state index is 0.0449. The fourth-order valence-corrected chi connectivity index (χ4v) is 1.91. The number of anilines is 1. The van der Waals surface area contributed by atoms with Gasteiger partial charge in [-0.3, -0.25) is 4.79 Å². The van der Waals surface area contributed by atoms with Crippen molar-refractivity contribution in [2.24, 2.45) is 0 Å². The molecule has 2 N–H and O–H groups in total. The molecule has 16 heavy (non-hydrogen) atoms. The third-order valence-corrected chi connectivity index (χ3v) is 3.17. The van der Waals surface area contributed by atoms with Gasteiger partial charge in [-0.1, -0.05) is 11.6 Å². The standard InChI is InChI=1S/C12H15ClN2O/c1-14-11-6-5-8(13)7-10(11)12(16)15-9-3-2-4-9/h5-7,9,14H,2-4H2,1H3,(H,15,16). The van der Waals surface area contributed by atoms with Crippen molar-refractivity contribution in [3.63, 3.8) is 0 Å². The average Bonchev–Trinajstić information content (AvgIpc) is 2.23. The highest BCUT2D eigenvalue weighted by molar-refractivity contribution is 6.31. The molecule has 1 aliphatic rings. The molecule has 2 rings (SSSR count). The number of amides is 1. The molecule has 0 aromatic heterocycles. The molecular formula is C12H15ClN2O. The molecule has 1 aliphatic carbocycles. The molecule has 1 fully saturated rings. The van der Waals surface area contributed by atoms with Gasteiger partial charge in [0.05, 0.1) is 5.56 Å². The molecule has 86 valence electrons. The molecule has 1 aromatic carbocycles. The Balaban J connectivity index is 2.16. The van der Waals surface area contributed by atoms with Crippen molar-refractivity contribution in [2.45, 2.75) is 25.3 Å². The van der Waals surface area contributed by atoms with Gasteiger partial charge >= 0.3 is 0 Å². The van der Waals surface area contributed by atoms with Crippen molar-refractivity contribution in [2.75, 3.05) is 12.4 Å². The maximum Gasteiger partial charge on any atom is 0.253 e. The quantitative estimate of drug-likeness (QED) is 0.850. The predicted octanol–water partition coefficient (Wildman–Crippen LogP) is 2.66. The van der Waals surface area contributed by atoms with E-state index in [-0.39, 0.29) is 5.91 Å². The van der Waals surface area contributed by atoms with E-state index in [2.05, 4.69) is 10.6 Å². The van der Waals surface area contributed by atoms with Crippen LogP contribution in [0.15, 0.2) is 18.2 Å². The maximum absolute atomic E-state index is 12.0. The lowest BCUT2D eigenvalue weighted by molar-refractivity contribution is 0.0918. The van der Waals surface area contributed by atoms with Gasteiger partial charge in [0.25, 0.3) is 5.91 Å². The van der Waals surface area contributed by atoms with Gasteiger partial charge in [-0.25, -0.2) is 0 Å². The van der Waals surface area contributed by atoms with Crippen LogP contribution in [0.4, 0.5) is 5.69 Å². The Morgan fingerprint density at radius 3 is 2.75 bits per heavy atom. The summed E-state index contributed by atoms with van der Waals surface area (Å²) in [5.41, 5.74) is 1.42. The molecule has 1 aromatic rings. The molecule has 0 spiro atoms. The Kier molecular flexibility index (Phi) is 3.34. The summed E-state index contributed by atoms with van der Waals surface area (Å²) in [6.07, 6.45) is 3.38. The molecule has 0 radical (unpaired) electrons. The van der Waals surface area contributed by atoms with E-state index < -0.39 is 0 Å². The van der Waals surface area contributed by atoms with E-state index in [9.17, 15) is 4.79 Å². The monoisotopic (exact) mass is 238 g/mol. The van der Waals surface area contributed by atoms with E-state index in [1.165, 1.54) is 6.42 Å². The highest BCUT2D eigenvalue weighted by atomic mass is 35.5. The first-order chi connectivity index (χ1) is 7.70. The van der Waals surface area contributed by atoms with Crippen molar-refractivity contribution in [3.05, 3.63) is 28.8 Å². The zero-order valence-corrected chi connectivity index (χ0v) is 9.97. The second-order valence-electron chi connectivity index (χ2n) is 4.04. The number of nitrogens with one attached hydrogen (secondary N) is 2. The van der Waals surface area contributed by atoms with Gasteiger partial charge in [0.2, 0.25) is 0 Å². The van der Waals surface area contributed by atoms with Crippen LogP contribution in [0.1, 0.15) is 29.6 Å². The first kappa shape index (κ1) is 11.3. The summed E-state index contributed by atoms with van der Waals surface area (Å²) >= 11 is 5.89. The zero-order chi connectivity index (χ0) is 11.5. The summed E-state index contributed by atoms with van der Waals surface area (Å²) in [6.45, 7) is 0. The van der Waals surface area contributed by atoms with Crippen LogP contribution in [-0.4, -0.2) is 19.0 Å².